The van der Waals surface area contributed by atoms with Crippen LogP contribution in [-0.2, 0) is 11.2 Å². The van der Waals surface area contributed by atoms with E-state index in [0.717, 1.165) is 44.0 Å². The largest absolute Gasteiger partial charge is 0.368 e. The third-order valence-corrected chi connectivity index (χ3v) is 6.22. The lowest BCUT2D eigenvalue weighted by Gasteiger charge is -2.41. The second-order valence-electron chi connectivity index (χ2n) is 8.69. The van der Waals surface area contributed by atoms with E-state index in [4.69, 9.17) is 0 Å². The zero-order valence-electron chi connectivity index (χ0n) is 18.1. The lowest BCUT2D eigenvalue weighted by Crippen LogP contribution is -2.56. The van der Waals surface area contributed by atoms with Crippen molar-refractivity contribution in [3.63, 3.8) is 0 Å². The maximum atomic E-state index is 12.9. The van der Waals surface area contributed by atoms with Gasteiger partial charge in [-0.3, -0.25) is 10.1 Å². The number of urea groups is 1. The third-order valence-electron chi connectivity index (χ3n) is 6.22. The monoisotopic (exact) mass is 422 g/mol. The minimum atomic E-state index is -0.852. The minimum absolute atomic E-state index is 0.0778. The fraction of sp³-hybridized carbons (Fsp3) is 0.478. The number of amides is 3. The molecule has 2 saturated heterocycles. The summed E-state index contributed by atoms with van der Waals surface area (Å²) in [5, 5.41) is 8.78. The van der Waals surface area contributed by atoms with E-state index in [1.54, 1.807) is 6.33 Å². The van der Waals surface area contributed by atoms with Gasteiger partial charge in [-0.05, 0) is 51.0 Å². The molecule has 2 aliphatic rings. The van der Waals surface area contributed by atoms with Crippen molar-refractivity contribution < 1.29 is 9.59 Å². The number of hydrogen-bond acceptors (Lipinski definition) is 6. The molecule has 8 nitrogen and oxygen atoms in total. The molecule has 3 N–H and O–H groups in total. The highest BCUT2D eigenvalue weighted by molar-refractivity contribution is 6.07. The summed E-state index contributed by atoms with van der Waals surface area (Å²) in [5.41, 5.74) is 0.314. The van der Waals surface area contributed by atoms with Crippen LogP contribution in [0.4, 0.5) is 16.4 Å². The van der Waals surface area contributed by atoms with Crippen LogP contribution >= 0.6 is 0 Å². The number of hydrogen-bond donors (Lipinski definition) is 3. The fourth-order valence-corrected chi connectivity index (χ4v) is 4.66. The second-order valence-corrected chi connectivity index (χ2v) is 8.69. The van der Waals surface area contributed by atoms with Crippen molar-refractivity contribution in [1.82, 2.24) is 20.6 Å². The number of imide groups is 1. The number of aryl methyl sites for hydroxylation is 1. The maximum absolute atomic E-state index is 12.9. The molecule has 2 fully saturated rings. The topological polar surface area (TPSA) is 99.2 Å². The van der Waals surface area contributed by atoms with E-state index < -0.39 is 5.54 Å². The highest BCUT2D eigenvalue weighted by Gasteiger charge is 2.51. The Morgan fingerprint density at radius 1 is 1.16 bits per heavy atom. The number of carbonyl (C=O) groups is 2. The van der Waals surface area contributed by atoms with Gasteiger partial charge in [0.1, 0.15) is 23.5 Å². The van der Waals surface area contributed by atoms with Crippen LogP contribution in [0.3, 0.4) is 0 Å². The van der Waals surface area contributed by atoms with Crippen LogP contribution in [0, 0.1) is 5.92 Å². The summed E-state index contributed by atoms with van der Waals surface area (Å²) < 4.78 is 0. The standard InChI is InChI=1S/C23H30N6O2/c1-16(2)26-19-14-20(25-15-24-19)29-12-9-18(10-13-29)23(21(30)27-22(31)28-23)11-8-17-6-4-3-5-7-17/h3-7,14-16,18H,8-13H2,1-2H3,(H,24,25,26)(H2,27,28,30,31). The van der Waals surface area contributed by atoms with Crippen molar-refractivity contribution in [2.45, 2.75) is 51.1 Å². The van der Waals surface area contributed by atoms with E-state index in [1.807, 2.05) is 24.3 Å². The number of rotatable bonds is 7. The van der Waals surface area contributed by atoms with Crippen molar-refractivity contribution >= 4 is 23.6 Å². The molecule has 0 spiro atoms. The molecule has 0 radical (unpaired) electrons. The van der Waals surface area contributed by atoms with Crippen molar-refractivity contribution in [1.29, 1.82) is 0 Å². The molecule has 1 atom stereocenters. The summed E-state index contributed by atoms with van der Waals surface area (Å²) in [6.07, 6.45) is 4.52. The summed E-state index contributed by atoms with van der Waals surface area (Å²) >= 11 is 0. The number of nitrogens with zero attached hydrogens (tertiary/aromatic N) is 3. The smallest absolute Gasteiger partial charge is 0.322 e. The van der Waals surface area contributed by atoms with Crippen LogP contribution in [-0.4, -0.2) is 46.6 Å². The minimum Gasteiger partial charge on any atom is -0.368 e. The van der Waals surface area contributed by atoms with Gasteiger partial charge in [0.25, 0.3) is 5.91 Å². The van der Waals surface area contributed by atoms with Gasteiger partial charge in [0.15, 0.2) is 0 Å². The molecular formula is C23H30N6O2. The summed E-state index contributed by atoms with van der Waals surface area (Å²) in [5.74, 6) is 1.57. The Kier molecular flexibility index (Phi) is 6.06. The van der Waals surface area contributed by atoms with E-state index in [0.29, 0.717) is 12.5 Å². The summed E-state index contributed by atoms with van der Waals surface area (Å²) in [4.78, 5) is 35.9. The molecule has 1 aromatic heterocycles. The van der Waals surface area contributed by atoms with Crippen molar-refractivity contribution in [3.8, 4) is 0 Å². The molecule has 31 heavy (non-hydrogen) atoms. The third kappa shape index (κ3) is 4.62. The molecular weight excluding hydrogens is 392 g/mol. The Bertz CT molecular complexity index is 927. The van der Waals surface area contributed by atoms with Gasteiger partial charge in [0.05, 0.1) is 0 Å². The molecule has 8 heteroatoms. The predicted octanol–water partition coefficient (Wildman–Crippen LogP) is 2.72. The van der Waals surface area contributed by atoms with Gasteiger partial charge in [-0.15, -0.1) is 0 Å². The Hall–Kier alpha value is -3.16. The van der Waals surface area contributed by atoms with Gasteiger partial charge in [0, 0.05) is 25.2 Å². The van der Waals surface area contributed by atoms with Crippen molar-refractivity contribution in [2.75, 3.05) is 23.3 Å². The van der Waals surface area contributed by atoms with Crippen LogP contribution in [0.2, 0.25) is 0 Å². The molecule has 3 heterocycles. The van der Waals surface area contributed by atoms with Crippen molar-refractivity contribution in [2.24, 2.45) is 5.92 Å². The number of aromatic nitrogens is 2. The highest BCUT2D eigenvalue weighted by Crippen LogP contribution is 2.35. The molecule has 0 aliphatic carbocycles. The summed E-state index contributed by atoms with van der Waals surface area (Å²) in [6.45, 7) is 5.70. The average Bonchev–Trinajstić information content (AvgIpc) is 3.07. The molecule has 0 bridgehead atoms. The first-order valence-corrected chi connectivity index (χ1v) is 11.0. The van der Waals surface area contributed by atoms with Gasteiger partial charge in [-0.2, -0.15) is 0 Å². The molecule has 2 aromatic rings. The number of anilines is 2. The van der Waals surface area contributed by atoms with Gasteiger partial charge in [0.2, 0.25) is 0 Å². The van der Waals surface area contributed by atoms with E-state index in [1.165, 1.54) is 5.56 Å². The Morgan fingerprint density at radius 3 is 2.55 bits per heavy atom. The number of piperidine rings is 1. The SMILES string of the molecule is CC(C)Nc1cc(N2CCC(C3(CCc4ccccc4)NC(=O)NC3=O)CC2)ncn1. The van der Waals surface area contributed by atoms with Gasteiger partial charge in [-0.1, -0.05) is 30.3 Å². The zero-order valence-corrected chi connectivity index (χ0v) is 18.1. The lowest BCUT2D eigenvalue weighted by atomic mass is 9.74. The lowest BCUT2D eigenvalue weighted by molar-refractivity contribution is -0.126. The van der Waals surface area contributed by atoms with E-state index in [2.05, 4.69) is 56.8 Å². The highest BCUT2D eigenvalue weighted by atomic mass is 16.2. The first-order chi connectivity index (χ1) is 15.0. The van der Waals surface area contributed by atoms with Crippen LogP contribution in [0.5, 0.6) is 0 Å². The summed E-state index contributed by atoms with van der Waals surface area (Å²) in [7, 11) is 0. The van der Waals surface area contributed by atoms with E-state index in [9.17, 15) is 9.59 Å². The molecule has 4 rings (SSSR count). The first-order valence-electron chi connectivity index (χ1n) is 11.0. The first kappa shape index (κ1) is 21.1. The molecule has 3 amide bonds. The Labute approximate surface area is 182 Å². The van der Waals surface area contributed by atoms with Crippen LogP contribution in [0.1, 0.15) is 38.7 Å². The maximum Gasteiger partial charge on any atom is 0.322 e. The van der Waals surface area contributed by atoms with Gasteiger partial charge < -0.3 is 15.5 Å². The van der Waals surface area contributed by atoms with Gasteiger partial charge >= 0.3 is 6.03 Å². The molecule has 164 valence electrons. The van der Waals surface area contributed by atoms with E-state index >= 15 is 0 Å². The quantitative estimate of drug-likeness (QED) is 0.594. The van der Waals surface area contributed by atoms with Crippen LogP contribution in [0.25, 0.3) is 0 Å². The van der Waals surface area contributed by atoms with Crippen LogP contribution in [0.15, 0.2) is 42.7 Å². The molecule has 2 aliphatic heterocycles. The number of nitrogens with one attached hydrogen (secondary N) is 3. The Balaban J connectivity index is 1.45. The second kappa shape index (κ2) is 8.91. The predicted molar refractivity (Wildman–Crippen MR) is 120 cm³/mol. The molecule has 0 saturated carbocycles. The number of carbonyl (C=O) groups excluding carboxylic acids is 2. The zero-order chi connectivity index (χ0) is 21.8. The average molecular weight is 423 g/mol. The van der Waals surface area contributed by atoms with Crippen LogP contribution < -0.4 is 20.9 Å². The van der Waals surface area contributed by atoms with E-state index in [-0.39, 0.29) is 17.9 Å². The van der Waals surface area contributed by atoms with Crippen molar-refractivity contribution in [3.05, 3.63) is 48.3 Å². The summed E-state index contributed by atoms with van der Waals surface area (Å²) in [6, 6.07) is 12.0. The molecule has 1 unspecified atom stereocenters. The normalized spacial score (nSPS) is 21.8. The fourth-order valence-electron chi connectivity index (χ4n) is 4.66. The van der Waals surface area contributed by atoms with Gasteiger partial charge in [-0.25, -0.2) is 14.8 Å². The number of benzene rings is 1. The Morgan fingerprint density at radius 2 is 1.90 bits per heavy atom. The molecule has 1 aromatic carbocycles.